The Balaban J connectivity index is 1.34. The molecule has 0 saturated heterocycles. The number of carbonyl (C=O) groups is 2. The van der Waals surface area contributed by atoms with Crippen LogP contribution in [0.15, 0.2) is 90.2 Å². The van der Waals surface area contributed by atoms with E-state index in [2.05, 4.69) is 25.6 Å². The Kier molecular flexibility index (Phi) is 8.77. The Morgan fingerprint density at radius 3 is 2.26 bits per heavy atom. The second-order valence-electron chi connectivity index (χ2n) is 8.27. The summed E-state index contributed by atoms with van der Waals surface area (Å²) >= 11 is 0.968. The van der Waals surface area contributed by atoms with Gasteiger partial charge in [0.1, 0.15) is 11.7 Å². The van der Waals surface area contributed by atoms with Gasteiger partial charge < -0.3 is 15.7 Å². The topological polar surface area (TPSA) is 117 Å². The number of thioether (sulfide) groups is 1. The number of hydrogen-bond acceptors (Lipinski definition) is 6. The van der Waals surface area contributed by atoms with Gasteiger partial charge in [0, 0.05) is 29.8 Å². The van der Waals surface area contributed by atoms with E-state index in [0.29, 0.717) is 17.1 Å². The molecule has 0 aliphatic carbocycles. The number of nitrogens with zero attached hydrogens (tertiary/aromatic N) is 3. The van der Waals surface area contributed by atoms with E-state index in [1.165, 1.54) is 0 Å². The molecule has 0 aliphatic heterocycles. The SMILES string of the molecule is O=C(Nc1ccc(-c2ccccc2)cc1)NC(Cc1cccc(CSc2nccc(C(F)(F)F)n2)n1)C(=O)O. The number of carboxylic acid groups (broad SMARTS) is 1. The number of pyridine rings is 1. The number of aromatic nitrogens is 3. The van der Waals surface area contributed by atoms with Crippen molar-refractivity contribution in [2.75, 3.05) is 5.32 Å². The first-order chi connectivity index (χ1) is 18.7. The average molecular weight is 554 g/mol. The van der Waals surface area contributed by atoms with Gasteiger partial charge in [0.05, 0.1) is 5.69 Å². The first kappa shape index (κ1) is 27.6. The third-order valence-electron chi connectivity index (χ3n) is 5.40. The number of anilines is 1. The summed E-state index contributed by atoms with van der Waals surface area (Å²) in [5, 5.41) is 14.6. The monoisotopic (exact) mass is 553 g/mol. The Labute approximate surface area is 225 Å². The second-order valence-corrected chi connectivity index (χ2v) is 9.21. The normalized spacial score (nSPS) is 12.0. The molecule has 0 fully saturated rings. The molecule has 0 saturated carbocycles. The van der Waals surface area contributed by atoms with Gasteiger partial charge in [-0.05, 0) is 41.5 Å². The van der Waals surface area contributed by atoms with Crippen molar-refractivity contribution < 1.29 is 27.9 Å². The Morgan fingerprint density at radius 2 is 1.56 bits per heavy atom. The summed E-state index contributed by atoms with van der Waals surface area (Å²) in [6.45, 7) is 0. The number of halogens is 3. The van der Waals surface area contributed by atoms with E-state index in [4.69, 9.17) is 0 Å². The molecule has 0 radical (unpaired) electrons. The minimum atomic E-state index is -4.58. The quantitative estimate of drug-likeness (QED) is 0.181. The van der Waals surface area contributed by atoms with E-state index < -0.39 is 29.9 Å². The van der Waals surface area contributed by atoms with Crippen molar-refractivity contribution in [3.05, 3.63) is 102 Å². The van der Waals surface area contributed by atoms with E-state index in [1.54, 1.807) is 30.3 Å². The Morgan fingerprint density at radius 1 is 0.872 bits per heavy atom. The lowest BCUT2D eigenvalue weighted by molar-refractivity contribution is -0.141. The van der Waals surface area contributed by atoms with Crippen LogP contribution < -0.4 is 10.6 Å². The molecular weight excluding hydrogens is 531 g/mol. The standard InChI is InChI=1S/C27H22F3N5O3S/c28-27(29,30)23-13-14-31-26(35-23)39-16-21-8-4-7-20(32-21)15-22(24(36)37)34-25(38)33-19-11-9-18(10-12-19)17-5-2-1-3-6-17/h1-14,22H,15-16H2,(H,36,37)(H2,33,34,38). The van der Waals surface area contributed by atoms with Gasteiger partial charge in [0.25, 0.3) is 0 Å². The zero-order valence-corrected chi connectivity index (χ0v) is 21.0. The smallest absolute Gasteiger partial charge is 0.433 e. The summed E-state index contributed by atoms with van der Waals surface area (Å²) in [6, 6.07) is 20.6. The first-order valence-electron chi connectivity index (χ1n) is 11.6. The second kappa shape index (κ2) is 12.4. The van der Waals surface area contributed by atoms with Crippen LogP contribution in [0.5, 0.6) is 0 Å². The molecule has 1 unspecified atom stereocenters. The molecular formula is C27H22F3N5O3S. The van der Waals surface area contributed by atoms with E-state index in [0.717, 1.165) is 35.2 Å². The minimum absolute atomic E-state index is 0.0596. The van der Waals surface area contributed by atoms with Gasteiger partial charge >= 0.3 is 18.2 Å². The van der Waals surface area contributed by atoms with Crippen molar-refractivity contribution in [1.82, 2.24) is 20.3 Å². The van der Waals surface area contributed by atoms with Crippen LogP contribution in [0, 0.1) is 0 Å². The van der Waals surface area contributed by atoms with Crippen LogP contribution >= 0.6 is 11.8 Å². The highest BCUT2D eigenvalue weighted by Crippen LogP contribution is 2.29. The molecule has 4 rings (SSSR count). The summed E-state index contributed by atoms with van der Waals surface area (Å²) in [5.74, 6) is -1.08. The lowest BCUT2D eigenvalue weighted by Crippen LogP contribution is -2.44. The molecule has 200 valence electrons. The highest BCUT2D eigenvalue weighted by atomic mass is 32.2. The van der Waals surface area contributed by atoms with Crippen molar-refractivity contribution in [3.63, 3.8) is 0 Å². The number of nitrogens with one attached hydrogen (secondary N) is 2. The molecule has 1 atom stereocenters. The van der Waals surface area contributed by atoms with Crippen LogP contribution in [-0.2, 0) is 23.1 Å². The number of aliphatic carboxylic acids is 1. The van der Waals surface area contributed by atoms with E-state index in [9.17, 15) is 27.9 Å². The number of carbonyl (C=O) groups excluding carboxylic acids is 1. The third-order valence-corrected chi connectivity index (χ3v) is 6.30. The summed E-state index contributed by atoms with van der Waals surface area (Å²) in [7, 11) is 0. The van der Waals surface area contributed by atoms with Gasteiger partial charge in [-0.25, -0.2) is 19.6 Å². The van der Waals surface area contributed by atoms with Crippen molar-refractivity contribution >= 4 is 29.4 Å². The van der Waals surface area contributed by atoms with Crippen molar-refractivity contribution in [1.29, 1.82) is 0 Å². The molecule has 2 amide bonds. The maximum atomic E-state index is 12.9. The number of alkyl halides is 3. The molecule has 2 heterocycles. The molecule has 8 nitrogen and oxygen atoms in total. The van der Waals surface area contributed by atoms with Gasteiger partial charge in [-0.15, -0.1) is 0 Å². The van der Waals surface area contributed by atoms with Crippen molar-refractivity contribution in [3.8, 4) is 11.1 Å². The molecule has 4 aromatic rings. The predicted octanol–water partition coefficient (Wildman–Crippen LogP) is 5.67. The number of rotatable bonds is 9. The largest absolute Gasteiger partial charge is 0.480 e. The average Bonchev–Trinajstić information content (AvgIpc) is 2.92. The zero-order chi connectivity index (χ0) is 27.8. The van der Waals surface area contributed by atoms with Crippen LogP contribution in [0.4, 0.5) is 23.7 Å². The fourth-order valence-electron chi connectivity index (χ4n) is 3.54. The van der Waals surface area contributed by atoms with Crippen LogP contribution in [0.1, 0.15) is 17.1 Å². The Bertz CT molecular complexity index is 1440. The molecule has 2 aromatic heterocycles. The lowest BCUT2D eigenvalue weighted by Gasteiger charge is -2.15. The Hall–Kier alpha value is -4.45. The summed E-state index contributed by atoms with van der Waals surface area (Å²) in [4.78, 5) is 36.0. The highest BCUT2D eigenvalue weighted by molar-refractivity contribution is 7.98. The fourth-order valence-corrected chi connectivity index (χ4v) is 4.28. The van der Waals surface area contributed by atoms with Crippen molar-refractivity contribution in [2.45, 2.75) is 29.5 Å². The third kappa shape index (κ3) is 8.01. The molecule has 12 heteroatoms. The fraction of sp³-hybridized carbons (Fsp3) is 0.148. The number of amides is 2. The van der Waals surface area contributed by atoms with Gasteiger partial charge in [-0.3, -0.25) is 4.98 Å². The van der Waals surface area contributed by atoms with Crippen molar-refractivity contribution in [2.24, 2.45) is 0 Å². The van der Waals surface area contributed by atoms with Gasteiger partial charge in [0.2, 0.25) is 0 Å². The summed E-state index contributed by atoms with van der Waals surface area (Å²) < 4.78 is 38.6. The molecule has 3 N–H and O–H groups in total. The number of benzene rings is 2. The van der Waals surface area contributed by atoms with Crippen LogP contribution in [0.25, 0.3) is 11.1 Å². The molecule has 0 bridgehead atoms. The highest BCUT2D eigenvalue weighted by Gasteiger charge is 2.32. The summed E-state index contributed by atoms with van der Waals surface area (Å²) in [5.41, 5.74) is 2.32. The predicted molar refractivity (Wildman–Crippen MR) is 140 cm³/mol. The van der Waals surface area contributed by atoms with Gasteiger partial charge in [-0.1, -0.05) is 60.3 Å². The number of carboxylic acids is 1. The molecule has 2 aromatic carbocycles. The lowest BCUT2D eigenvalue weighted by atomic mass is 10.1. The maximum absolute atomic E-state index is 12.9. The zero-order valence-electron chi connectivity index (χ0n) is 20.2. The van der Waals surface area contributed by atoms with Gasteiger partial charge in [0.15, 0.2) is 5.16 Å². The van der Waals surface area contributed by atoms with Crippen LogP contribution in [0.3, 0.4) is 0 Å². The number of urea groups is 1. The van der Waals surface area contributed by atoms with Gasteiger partial charge in [-0.2, -0.15) is 13.2 Å². The van der Waals surface area contributed by atoms with E-state index >= 15 is 0 Å². The maximum Gasteiger partial charge on any atom is 0.433 e. The minimum Gasteiger partial charge on any atom is -0.480 e. The van der Waals surface area contributed by atoms with Crippen LogP contribution in [0.2, 0.25) is 0 Å². The van der Waals surface area contributed by atoms with E-state index in [1.807, 2.05) is 42.5 Å². The number of hydrogen-bond donors (Lipinski definition) is 3. The molecule has 0 spiro atoms. The van der Waals surface area contributed by atoms with Crippen LogP contribution in [-0.4, -0.2) is 38.1 Å². The molecule has 0 aliphatic rings. The first-order valence-corrected chi connectivity index (χ1v) is 12.6. The summed E-state index contributed by atoms with van der Waals surface area (Å²) in [6.07, 6.45) is -3.64. The molecule has 39 heavy (non-hydrogen) atoms. The van der Waals surface area contributed by atoms with E-state index in [-0.39, 0.29) is 17.3 Å².